The molecule has 1 aromatic carbocycles. The highest BCUT2D eigenvalue weighted by atomic mass is 19.1. The number of nitrogens with zero attached hydrogens (tertiary/aromatic N) is 5. The topological polar surface area (TPSA) is 62.2 Å². The van der Waals surface area contributed by atoms with Crippen LogP contribution < -0.4 is 4.90 Å². The maximum Gasteiger partial charge on any atom is 0.259 e. The molecule has 0 atom stereocenters. The lowest BCUT2D eigenvalue weighted by Gasteiger charge is -2.35. The number of halogens is 2. The van der Waals surface area contributed by atoms with Crippen LogP contribution in [0.3, 0.4) is 0 Å². The van der Waals surface area contributed by atoms with Gasteiger partial charge in [0.2, 0.25) is 0 Å². The molecule has 3 aromatic rings. The van der Waals surface area contributed by atoms with Crippen LogP contribution in [0.25, 0.3) is 11.5 Å². The van der Waals surface area contributed by atoms with Crippen molar-refractivity contribution in [3.05, 3.63) is 71.6 Å². The van der Waals surface area contributed by atoms with Crippen molar-refractivity contribution in [2.45, 2.75) is 13.3 Å². The normalized spacial score (nSPS) is 14.1. The maximum atomic E-state index is 14.0. The van der Waals surface area contributed by atoms with E-state index < -0.39 is 23.1 Å². The number of carbonyl (C=O) groups is 1. The molecule has 0 bridgehead atoms. The number of benzene rings is 1. The van der Waals surface area contributed by atoms with Crippen LogP contribution in [0, 0.1) is 11.6 Å². The molecule has 0 unspecified atom stereocenters. The zero-order chi connectivity index (χ0) is 21.1. The maximum absolute atomic E-state index is 14.0. The number of piperazine rings is 1. The van der Waals surface area contributed by atoms with Gasteiger partial charge in [0.25, 0.3) is 5.91 Å². The third-order valence-electron chi connectivity index (χ3n) is 5.09. The molecule has 0 aliphatic carbocycles. The molecule has 3 heterocycles. The summed E-state index contributed by atoms with van der Waals surface area (Å²) >= 11 is 0. The van der Waals surface area contributed by atoms with E-state index in [-0.39, 0.29) is 0 Å². The average molecular weight is 409 g/mol. The number of hydrogen-bond donors (Lipinski definition) is 0. The van der Waals surface area contributed by atoms with E-state index in [2.05, 4.69) is 19.9 Å². The van der Waals surface area contributed by atoms with Gasteiger partial charge in [-0.05, 0) is 30.7 Å². The first kappa shape index (κ1) is 19.9. The number of aryl methyl sites for hydroxylation is 1. The van der Waals surface area contributed by atoms with E-state index in [9.17, 15) is 13.6 Å². The fourth-order valence-corrected chi connectivity index (χ4v) is 3.43. The van der Waals surface area contributed by atoms with E-state index in [1.54, 1.807) is 6.20 Å². The van der Waals surface area contributed by atoms with Gasteiger partial charge in [-0.15, -0.1) is 0 Å². The molecule has 1 amide bonds. The van der Waals surface area contributed by atoms with Crippen molar-refractivity contribution in [1.29, 1.82) is 0 Å². The quantitative estimate of drug-likeness (QED) is 0.661. The predicted octanol–water partition coefficient (Wildman–Crippen LogP) is 3.34. The summed E-state index contributed by atoms with van der Waals surface area (Å²) in [6.07, 6.45) is 2.45. The lowest BCUT2D eigenvalue weighted by molar-refractivity contribution is 0.0736. The standard InChI is InChI=1S/C22H21F2N5O/c1-2-15-14-19(27-21(26-15)18-8-3-4-9-25-18)28-10-12-29(13-11-28)22(30)20-16(23)6-5-7-17(20)24/h3-9,14H,2,10-13H2,1H3. The molecule has 0 spiro atoms. The van der Waals surface area contributed by atoms with Crippen LogP contribution in [0.1, 0.15) is 23.0 Å². The molecule has 1 aliphatic rings. The minimum Gasteiger partial charge on any atom is -0.353 e. The summed E-state index contributed by atoms with van der Waals surface area (Å²) in [5.74, 6) is -1.00. The number of anilines is 1. The Hall–Kier alpha value is -3.42. The summed E-state index contributed by atoms with van der Waals surface area (Å²) in [6, 6.07) is 11.0. The van der Waals surface area contributed by atoms with E-state index in [0.717, 1.165) is 30.1 Å². The van der Waals surface area contributed by atoms with Crippen molar-refractivity contribution < 1.29 is 13.6 Å². The van der Waals surface area contributed by atoms with Crippen LogP contribution in [0.2, 0.25) is 0 Å². The number of pyridine rings is 1. The lowest BCUT2D eigenvalue weighted by atomic mass is 10.1. The van der Waals surface area contributed by atoms with Gasteiger partial charge in [-0.25, -0.2) is 18.7 Å². The molecule has 154 valence electrons. The van der Waals surface area contributed by atoms with Crippen molar-refractivity contribution in [2.24, 2.45) is 0 Å². The highest BCUT2D eigenvalue weighted by Gasteiger charge is 2.27. The van der Waals surface area contributed by atoms with Crippen LogP contribution in [-0.2, 0) is 6.42 Å². The first-order valence-corrected chi connectivity index (χ1v) is 9.84. The van der Waals surface area contributed by atoms with Gasteiger partial charge in [-0.3, -0.25) is 9.78 Å². The Labute approximate surface area is 173 Å². The number of carbonyl (C=O) groups excluding carboxylic acids is 1. The van der Waals surface area contributed by atoms with E-state index in [0.29, 0.717) is 37.7 Å². The Morgan fingerprint density at radius 1 is 1.00 bits per heavy atom. The highest BCUT2D eigenvalue weighted by Crippen LogP contribution is 2.22. The number of amides is 1. The zero-order valence-corrected chi connectivity index (χ0v) is 16.6. The molecular weight excluding hydrogens is 388 g/mol. The summed E-state index contributed by atoms with van der Waals surface area (Å²) in [5.41, 5.74) is 1.09. The zero-order valence-electron chi connectivity index (χ0n) is 16.6. The molecule has 4 rings (SSSR count). The van der Waals surface area contributed by atoms with E-state index in [4.69, 9.17) is 0 Å². The molecule has 0 N–H and O–H groups in total. The molecule has 8 heteroatoms. The monoisotopic (exact) mass is 409 g/mol. The number of hydrogen-bond acceptors (Lipinski definition) is 5. The smallest absolute Gasteiger partial charge is 0.259 e. The van der Waals surface area contributed by atoms with Gasteiger partial charge in [0.15, 0.2) is 5.82 Å². The van der Waals surface area contributed by atoms with Gasteiger partial charge >= 0.3 is 0 Å². The van der Waals surface area contributed by atoms with Crippen LogP contribution in [0.15, 0.2) is 48.7 Å². The summed E-state index contributed by atoms with van der Waals surface area (Å²) in [7, 11) is 0. The van der Waals surface area contributed by atoms with Gasteiger partial charge in [0.1, 0.15) is 28.7 Å². The lowest BCUT2D eigenvalue weighted by Crippen LogP contribution is -2.49. The first-order valence-electron chi connectivity index (χ1n) is 9.84. The van der Waals surface area contributed by atoms with Gasteiger partial charge in [-0.2, -0.15) is 0 Å². The Balaban J connectivity index is 1.52. The minimum absolute atomic E-state index is 0.344. The Bertz CT molecular complexity index is 1030. The van der Waals surface area contributed by atoms with Gasteiger partial charge in [-0.1, -0.05) is 19.1 Å². The molecule has 0 radical (unpaired) electrons. The Morgan fingerprint density at radius 2 is 1.73 bits per heavy atom. The van der Waals surface area contributed by atoms with Crippen molar-refractivity contribution in [1.82, 2.24) is 19.9 Å². The third-order valence-corrected chi connectivity index (χ3v) is 5.09. The summed E-state index contributed by atoms with van der Waals surface area (Å²) in [4.78, 5) is 29.7. The van der Waals surface area contributed by atoms with Gasteiger partial charge in [0.05, 0.1) is 0 Å². The van der Waals surface area contributed by atoms with Crippen molar-refractivity contribution in [3.63, 3.8) is 0 Å². The molecule has 2 aromatic heterocycles. The highest BCUT2D eigenvalue weighted by molar-refractivity contribution is 5.95. The van der Waals surface area contributed by atoms with E-state index >= 15 is 0 Å². The van der Waals surface area contributed by atoms with Crippen LogP contribution in [0.4, 0.5) is 14.6 Å². The van der Waals surface area contributed by atoms with E-state index in [1.807, 2.05) is 31.2 Å². The van der Waals surface area contributed by atoms with Crippen molar-refractivity contribution >= 4 is 11.7 Å². The Kier molecular flexibility index (Phi) is 5.65. The number of aromatic nitrogens is 3. The van der Waals surface area contributed by atoms with Gasteiger partial charge in [0, 0.05) is 44.1 Å². The van der Waals surface area contributed by atoms with Crippen LogP contribution in [0.5, 0.6) is 0 Å². The SMILES string of the molecule is CCc1cc(N2CCN(C(=O)c3c(F)cccc3F)CC2)nc(-c2ccccn2)n1. The van der Waals surface area contributed by atoms with E-state index in [1.165, 1.54) is 11.0 Å². The second kappa shape index (κ2) is 8.52. The molecule has 30 heavy (non-hydrogen) atoms. The molecule has 0 saturated carbocycles. The fourth-order valence-electron chi connectivity index (χ4n) is 3.43. The molecule has 1 saturated heterocycles. The third kappa shape index (κ3) is 3.98. The average Bonchev–Trinajstić information content (AvgIpc) is 2.79. The predicted molar refractivity (Wildman–Crippen MR) is 109 cm³/mol. The fraction of sp³-hybridized carbons (Fsp3) is 0.273. The molecule has 6 nitrogen and oxygen atoms in total. The van der Waals surface area contributed by atoms with Crippen LogP contribution >= 0.6 is 0 Å². The van der Waals surface area contributed by atoms with Crippen molar-refractivity contribution in [2.75, 3.05) is 31.1 Å². The van der Waals surface area contributed by atoms with Gasteiger partial charge < -0.3 is 9.80 Å². The molecule has 1 aliphatic heterocycles. The summed E-state index contributed by atoms with van der Waals surface area (Å²) in [5, 5.41) is 0. The number of rotatable bonds is 4. The molecule has 1 fully saturated rings. The first-order chi connectivity index (χ1) is 14.6. The second-order valence-electron chi connectivity index (χ2n) is 6.99. The largest absolute Gasteiger partial charge is 0.353 e. The Morgan fingerprint density at radius 3 is 2.37 bits per heavy atom. The second-order valence-corrected chi connectivity index (χ2v) is 6.99. The van der Waals surface area contributed by atoms with Crippen LogP contribution in [-0.4, -0.2) is 51.9 Å². The summed E-state index contributed by atoms with van der Waals surface area (Å²) in [6.45, 7) is 3.72. The molecular formula is C22H21F2N5O. The minimum atomic E-state index is -0.842. The van der Waals surface area contributed by atoms with Crippen molar-refractivity contribution in [3.8, 4) is 11.5 Å². The summed E-state index contributed by atoms with van der Waals surface area (Å²) < 4.78 is 27.9.